The largest absolute Gasteiger partial charge is 0.342 e. The Morgan fingerprint density at radius 1 is 1.15 bits per heavy atom. The van der Waals surface area contributed by atoms with E-state index >= 15 is 0 Å². The van der Waals surface area contributed by atoms with E-state index in [9.17, 15) is 13.2 Å². The zero-order valence-electron chi connectivity index (χ0n) is 19.0. The maximum atomic E-state index is 12.8. The Morgan fingerprint density at radius 2 is 1.88 bits per heavy atom. The second kappa shape index (κ2) is 9.85. The number of halogens is 1. The van der Waals surface area contributed by atoms with Gasteiger partial charge in [-0.15, -0.1) is 11.3 Å². The Morgan fingerprint density at radius 3 is 2.62 bits per heavy atom. The summed E-state index contributed by atoms with van der Waals surface area (Å²) in [5, 5.41) is 6.49. The van der Waals surface area contributed by atoms with Crippen LogP contribution in [0.3, 0.4) is 0 Å². The topological polar surface area (TPSA) is 117 Å². The van der Waals surface area contributed by atoms with Gasteiger partial charge >= 0.3 is 0 Å². The van der Waals surface area contributed by atoms with E-state index in [2.05, 4.69) is 25.6 Å². The van der Waals surface area contributed by atoms with Gasteiger partial charge in [-0.1, -0.05) is 23.7 Å². The lowest BCUT2D eigenvalue weighted by Crippen LogP contribution is -2.31. The molecule has 3 aromatic rings. The second-order valence-corrected chi connectivity index (χ2v) is 12.1. The standard InChI is InChI=1S/C22H25ClN6O3S2/c1-13(2)34(31,32)19-7-5-4-6-17(19)25-20-15(23)12-24-21(27-20)28-22-26-16-8-10-29(14(3)30)11-9-18(16)33-22/h4-7,12-13H,8-11H2,1-3H3,(H2,24,25,26,27,28). The number of carbonyl (C=O) groups is 1. The first-order valence-corrected chi connectivity index (χ1v) is 13.5. The van der Waals surface area contributed by atoms with Crippen LogP contribution in [0.15, 0.2) is 35.4 Å². The van der Waals surface area contributed by atoms with Gasteiger partial charge in [-0.2, -0.15) is 4.98 Å². The number of sulfone groups is 1. The van der Waals surface area contributed by atoms with E-state index in [4.69, 9.17) is 11.6 Å². The first kappa shape index (κ1) is 24.4. The van der Waals surface area contributed by atoms with Gasteiger partial charge in [-0.25, -0.2) is 18.4 Å². The Balaban J connectivity index is 1.55. The average molecular weight is 521 g/mol. The van der Waals surface area contributed by atoms with Gasteiger partial charge in [0.1, 0.15) is 5.02 Å². The molecule has 0 saturated carbocycles. The number of aromatic nitrogens is 3. The van der Waals surface area contributed by atoms with E-state index < -0.39 is 15.1 Å². The minimum absolute atomic E-state index is 0.0749. The summed E-state index contributed by atoms with van der Waals surface area (Å²) in [6.07, 6.45) is 2.90. The van der Waals surface area contributed by atoms with Gasteiger partial charge in [0.2, 0.25) is 11.9 Å². The molecule has 180 valence electrons. The van der Waals surface area contributed by atoms with Gasteiger partial charge < -0.3 is 10.2 Å². The van der Waals surface area contributed by atoms with Crippen molar-refractivity contribution in [2.24, 2.45) is 0 Å². The number of benzene rings is 1. The van der Waals surface area contributed by atoms with Gasteiger partial charge in [-0.3, -0.25) is 10.1 Å². The molecule has 2 aromatic heterocycles. The molecule has 12 heteroatoms. The molecule has 0 atom stereocenters. The van der Waals surface area contributed by atoms with Crippen molar-refractivity contribution in [3.05, 3.63) is 46.1 Å². The van der Waals surface area contributed by atoms with Crippen LogP contribution < -0.4 is 10.6 Å². The minimum Gasteiger partial charge on any atom is -0.342 e. The van der Waals surface area contributed by atoms with E-state index in [0.717, 1.165) is 17.0 Å². The Hall–Kier alpha value is -2.76. The van der Waals surface area contributed by atoms with Crippen molar-refractivity contribution in [1.82, 2.24) is 19.9 Å². The molecule has 0 radical (unpaired) electrons. The lowest BCUT2D eigenvalue weighted by molar-refractivity contribution is -0.128. The SMILES string of the molecule is CC(=O)N1CCc2nc(Nc3ncc(Cl)c(Nc4ccccc4S(=O)(=O)C(C)C)n3)sc2CC1. The van der Waals surface area contributed by atoms with Gasteiger partial charge in [-0.05, 0) is 26.0 Å². The Kier molecular flexibility index (Phi) is 7.06. The number of nitrogens with zero attached hydrogens (tertiary/aromatic N) is 4. The summed E-state index contributed by atoms with van der Waals surface area (Å²) in [6, 6.07) is 6.65. The highest BCUT2D eigenvalue weighted by atomic mass is 35.5. The molecular formula is C22H25ClN6O3S2. The highest BCUT2D eigenvalue weighted by Crippen LogP contribution is 2.32. The van der Waals surface area contributed by atoms with E-state index in [0.29, 0.717) is 30.3 Å². The van der Waals surface area contributed by atoms with Crippen molar-refractivity contribution in [3.63, 3.8) is 0 Å². The van der Waals surface area contributed by atoms with Crippen molar-refractivity contribution < 1.29 is 13.2 Å². The van der Waals surface area contributed by atoms with Crippen LogP contribution in [0.2, 0.25) is 5.02 Å². The van der Waals surface area contributed by atoms with Crippen LogP contribution in [-0.4, -0.2) is 52.5 Å². The third kappa shape index (κ3) is 5.16. The number of para-hydroxylation sites is 1. The van der Waals surface area contributed by atoms with Crippen molar-refractivity contribution in [2.75, 3.05) is 23.7 Å². The molecule has 3 heterocycles. The smallest absolute Gasteiger partial charge is 0.231 e. The summed E-state index contributed by atoms with van der Waals surface area (Å²) in [5.74, 6) is 0.636. The molecule has 1 aliphatic heterocycles. The number of hydrogen-bond donors (Lipinski definition) is 2. The van der Waals surface area contributed by atoms with Crippen molar-refractivity contribution >= 4 is 61.3 Å². The zero-order valence-corrected chi connectivity index (χ0v) is 21.4. The van der Waals surface area contributed by atoms with Gasteiger partial charge in [0.05, 0.1) is 27.7 Å². The number of hydrogen-bond acceptors (Lipinski definition) is 9. The first-order valence-electron chi connectivity index (χ1n) is 10.8. The quantitative estimate of drug-likeness (QED) is 0.496. The summed E-state index contributed by atoms with van der Waals surface area (Å²) < 4.78 is 25.5. The van der Waals surface area contributed by atoms with Crippen LogP contribution >= 0.6 is 22.9 Å². The fraction of sp³-hybridized carbons (Fsp3) is 0.364. The molecule has 1 aliphatic rings. The molecule has 0 unspecified atom stereocenters. The molecule has 1 aromatic carbocycles. The number of thiazole rings is 1. The van der Waals surface area contributed by atoms with Gasteiger partial charge in [0.15, 0.2) is 20.8 Å². The van der Waals surface area contributed by atoms with E-state index in [1.165, 1.54) is 17.5 Å². The van der Waals surface area contributed by atoms with Crippen LogP contribution in [0.1, 0.15) is 31.3 Å². The molecule has 4 rings (SSSR count). The van der Waals surface area contributed by atoms with Crippen LogP contribution in [0.25, 0.3) is 0 Å². The molecule has 34 heavy (non-hydrogen) atoms. The monoisotopic (exact) mass is 520 g/mol. The van der Waals surface area contributed by atoms with E-state index in [1.54, 1.807) is 45.0 Å². The van der Waals surface area contributed by atoms with E-state index in [-0.39, 0.29) is 27.6 Å². The zero-order chi connectivity index (χ0) is 24.5. The Labute approximate surface area is 207 Å². The number of anilines is 4. The molecule has 2 N–H and O–H groups in total. The number of fused-ring (bicyclic) bond motifs is 1. The second-order valence-electron chi connectivity index (χ2n) is 8.13. The predicted molar refractivity (Wildman–Crippen MR) is 134 cm³/mol. The molecular weight excluding hydrogens is 496 g/mol. The number of rotatable bonds is 6. The minimum atomic E-state index is -3.51. The molecule has 1 amide bonds. The fourth-order valence-electron chi connectivity index (χ4n) is 3.54. The van der Waals surface area contributed by atoms with Crippen LogP contribution in [0.5, 0.6) is 0 Å². The summed E-state index contributed by atoms with van der Waals surface area (Å²) >= 11 is 7.82. The maximum Gasteiger partial charge on any atom is 0.231 e. The third-order valence-electron chi connectivity index (χ3n) is 5.48. The van der Waals surface area contributed by atoms with Gasteiger partial charge in [0, 0.05) is 37.7 Å². The lowest BCUT2D eigenvalue weighted by Gasteiger charge is -2.17. The number of amides is 1. The highest BCUT2D eigenvalue weighted by Gasteiger charge is 2.23. The van der Waals surface area contributed by atoms with E-state index in [1.807, 2.05) is 4.90 Å². The molecule has 0 spiro atoms. The fourth-order valence-corrected chi connectivity index (χ4v) is 5.87. The average Bonchev–Trinajstić information content (AvgIpc) is 3.06. The van der Waals surface area contributed by atoms with Crippen molar-refractivity contribution in [1.29, 1.82) is 0 Å². The van der Waals surface area contributed by atoms with Gasteiger partial charge in [0.25, 0.3) is 0 Å². The normalized spacial score (nSPS) is 14.0. The Bertz CT molecular complexity index is 1300. The number of nitrogens with one attached hydrogen (secondary N) is 2. The molecule has 0 aliphatic carbocycles. The maximum absolute atomic E-state index is 12.8. The molecule has 0 saturated heterocycles. The molecule has 9 nitrogen and oxygen atoms in total. The molecule has 0 bridgehead atoms. The first-order chi connectivity index (χ1) is 16.1. The lowest BCUT2D eigenvalue weighted by atomic mass is 10.2. The van der Waals surface area contributed by atoms with Crippen molar-refractivity contribution in [2.45, 2.75) is 43.8 Å². The summed E-state index contributed by atoms with van der Waals surface area (Å²) in [5.41, 5.74) is 1.36. The third-order valence-corrected chi connectivity index (χ3v) is 9.04. The van der Waals surface area contributed by atoms with Crippen LogP contribution in [0.4, 0.5) is 22.6 Å². The summed E-state index contributed by atoms with van der Waals surface area (Å²) in [4.78, 5) is 28.1. The predicted octanol–water partition coefficient (Wildman–Crippen LogP) is 4.20. The van der Waals surface area contributed by atoms with Crippen LogP contribution in [0, 0.1) is 0 Å². The highest BCUT2D eigenvalue weighted by molar-refractivity contribution is 7.92. The number of carbonyl (C=O) groups excluding carboxylic acids is 1. The summed E-state index contributed by atoms with van der Waals surface area (Å²) in [7, 11) is -3.51. The van der Waals surface area contributed by atoms with Crippen molar-refractivity contribution in [3.8, 4) is 0 Å². The molecule has 0 fully saturated rings. The van der Waals surface area contributed by atoms with Crippen LogP contribution in [-0.2, 0) is 27.5 Å². The summed E-state index contributed by atoms with van der Waals surface area (Å²) in [6.45, 7) is 6.18.